The Morgan fingerprint density at radius 3 is 2.48 bits per heavy atom. The molecular formula is C22H26N6O3. The second-order valence-corrected chi connectivity index (χ2v) is 8.08. The normalized spacial score (nSPS) is 17.0. The number of pyridine rings is 1. The van der Waals surface area contributed by atoms with Gasteiger partial charge >= 0.3 is 5.97 Å². The lowest BCUT2D eigenvalue weighted by molar-refractivity contribution is -0.143. The van der Waals surface area contributed by atoms with E-state index in [0.717, 1.165) is 28.8 Å². The third kappa shape index (κ3) is 4.47. The molecule has 1 aliphatic heterocycles. The Kier molecular flexibility index (Phi) is 6.06. The number of nitrogens with zero attached hydrogens (tertiary/aromatic N) is 4. The van der Waals surface area contributed by atoms with Gasteiger partial charge in [0.1, 0.15) is 5.60 Å². The minimum Gasteiger partial charge on any atom is -0.481 e. The van der Waals surface area contributed by atoms with E-state index in [0.29, 0.717) is 31.8 Å². The van der Waals surface area contributed by atoms with Gasteiger partial charge in [0.05, 0.1) is 11.6 Å². The number of aliphatic hydroxyl groups is 1. The number of rotatable bonds is 9. The van der Waals surface area contributed by atoms with E-state index in [4.69, 9.17) is 0 Å². The SMILES string of the molecule is CCCC(C(=O)O)C(Cc1ccc(-c2ccc(C3(O)CNC3)cc2)nc1)c1nn[nH]n1. The lowest BCUT2D eigenvalue weighted by atomic mass is 9.83. The summed E-state index contributed by atoms with van der Waals surface area (Å²) in [5.74, 6) is -1.44. The Morgan fingerprint density at radius 2 is 1.97 bits per heavy atom. The average molecular weight is 422 g/mol. The fraction of sp³-hybridized carbons (Fsp3) is 0.409. The number of hydrogen-bond donors (Lipinski definition) is 4. The highest BCUT2D eigenvalue weighted by Crippen LogP contribution is 2.31. The van der Waals surface area contributed by atoms with E-state index in [-0.39, 0.29) is 5.92 Å². The highest BCUT2D eigenvalue weighted by Gasteiger charge is 2.36. The van der Waals surface area contributed by atoms with E-state index in [9.17, 15) is 15.0 Å². The zero-order valence-electron chi connectivity index (χ0n) is 17.3. The first-order chi connectivity index (χ1) is 15.0. The van der Waals surface area contributed by atoms with Gasteiger partial charge in [-0.2, -0.15) is 5.21 Å². The molecule has 0 radical (unpaired) electrons. The molecule has 1 aliphatic rings. The Bertz CT molecular complexity index is 1000. The van der Waals surface area contributed by atoms with E-state index < -0.39 is 17.5 Å². The molecule has 31 heavy (non-hydrogen) atoms. The number of tetrazole rings is 1. The predicted molar refractivity (Wildman–Crippen MR) is 113 cm³/mol. The molecule has 9 heteroatoms. The molecule has 4 N–H and O–H groups in total. The zero-order chi connectivity index (χ0) is 21.8. The van der Waals surface area contributed by atoms with E-state index in [1.54, 1.807) is 6.20 Å². The molecule has 3 aromatic rings. The summed E-state index contributed by atoms with van der Waals surface area (Å²) in [5, 5.41) is 37.4. The van der Waals surface area contributed by atoms with Crippen LogP contribution in [0.15, 0.2) is 42.6 Å². The summed E-state index contributed by atoms with van der Waals surface area (Å²) >= 11 is 0. The van der Waals surface area contributed by atoms with Crippen LogP contribution in [0.3, 0.4) is 0 Å². The zero-order valence-corrected chi connectivity index (χ0v) is 17.3. The van der Waals surface area contributed by atoms with Gasteiger partial charge in [-0.3, -0.25) is 9.78 Å². The van der Waals surface area contributed by atoms with Crippen molar-refractivity contribution in [2.45, 2.75) is 37.7 Å². The summed E-state index contributed by atoms with van der Waals surface area (Å²) in [5.41, 5.74) is 2.79. The first-order valence-electron chi connectivity index (χ1n) is 10.5. The molecule has 0 amide bonds. The van der Waals surface area contributed by atoms with Crippen molar-refractivity contribution in [1.82, 2.24) is 30.9 Å². The quantitative estimate of drug-likeness (QED) is 0.410. The van der Waals surface area contributed by atoms with Crippen LogP contribution in [0.1, 0.15) is 42.6 Å². The van der Waals surface area contributed by atoms with Gasteiger partial charge < -0.3 is 15.5 Å². The number of carboxylic acid groups (broad SMARTS) is 1. The minimum atomic E-state index is -0.857. The molecule has 0 bridgehead atoms. The third-order valence-corrected chi connectivity index (χ3v) is 5.93. The number of nitrogens with one attached hydrogen (secondary N) is 2. The molecule has 2 atom stereocenters. The number of β-amino-alcohol motifs (C(OH)–C–C–N with tert-alkyl or cyclic N) is 1. The first kappa shape index (κ1) is 21.1. The molecule has 0 spiro atoms. The second-order valence-electron chi connectivity index (χ2n) is 8.08. The van der Waals surface area contributed by atoms with Gasteiger partial charge in [0.15, 0.2) is 5.82 Å². The minimum absolute atomic E-state index is 0.389. The molecule has 2 aromatic heterocycles. The molecule has 162 valence electrons. The van der Waals surface area contributed by atoms with Crippen LogP contribution in [0.2, 0.25) is 0 Å². The van der Waals surface area contributed by atoms with Gasteiger partial charge in [0.2, 0.25) is 0 Å². The average Bonchev–Trinajstić information content (AvgIpc) is 3.29. The molecule has 9 nitrogen and oxygen atoms in total. The van der Waals surface area contributed by atoms with E-state index in [1.807, 2.05) is 43.3 Å². The van der Waals surface area contributed by atoms with Crippen molar-refractivity contribution >= 4 is 5.97 Å². The number of benzene rings is 1. The fourth-order valence-corrected chi connectivity index (χ4v) is 4.03. The number of H-pyrrole nitrogens is 1. The highest BCUT2D eigenvalue weighted by molar-refractivity contribution is 5.71. The molecule has 2 unspecified atom stereocenters. The van der Waals surface area contributed by atoms with Crippen molar-refractivity contribution in [2.75, 3.05) is 13.1 Å². The molecule has 1 saturated heterocycles. The summed E-state index contributed by atoms with van der Waals surface area (Å²) in [7, 11) is 0. The number of aromatic nitrogens is 5. The van der Waals surface area contributed by atoms with Gasteiger partial charge in [-0.25, -0.2) is 0 Å². The molecular weight excluding hydrogens is 396 g/mol. The Labute approximate surface area is 179 Å². The van der Waals surface area contributed by atoms with Crippen molar-refractivity contribution in [1.29, 1.82) is 0 Å². The molecule has 4 rings (SSSR count). The van der Waals surface area contributed by atoms with Crippen molar-refractivity contribution in [3.05, 3.63) is 59.5 Å². The van der Waals surface area contributed by atoms with Crippen LogP contribution < -0.4 is 5.32 Å². The summed E-state index contributed by atoms with van der Waals surface area (Å²) in [6.07, 6.45) is 3.52. The Hall–Kier alpha value is -3.17. The number of aromatic amines is 1. The topological polar surface area (TPSA) is 137 Å². The predicted octanol–water partition coefficient (Wildman–Crippen LogP) is 1.88. The molecule has 0 saturated carbocycles. The van der Waals surface area contributed by atoms with E-state index in [2.05, 4.69) is 30.9 Å². The van der Waals surface area contributed by atoms with Crippen LogP contribution >= 0.6 is 0 Å². The Balaban J connectivity index is 1.52. The first-order valence-corrected chi connectivity index (χ1v) is 10.5. The van der Waals surface area contributed by atoms with E-state index >= 15 is 0 Å². The second kappa shape index (κ2) is 8.91. The van der Waals surface area contributed by atoms with Crippen molar-refractivity contribution in [3.63, 3.8) is 0 Å². The third-order valence-electron chi connectivity index (χ3n) is 5.93. The molecule has 3 heterocycles. The largest absolute Gasteiger partial charge is 0.481 e. The van der Waals surface area contributed by atoms with Crippen LogP contribution in [0, 0.1) is 5.92 Å². The maximum absolute atomic E-state index is 11.9. The monoisotopic (exact) mass is 422 g/mol. The maximum atomic E-state index is 11.9. The Morgan fingerprint density at radius 1 is 1.19 bits per heavy atom. The van der Waals surface area contributed by atoms with Gasteiger partial charge in [-0.15, -0.1) is 10.2 Å². The molecule has 1 fully saturated rings. The van der Waals surface area contributed by atoms with Gasteiger partial charge in [-0.1, -0.05) is 48.9 Å². The van der Waals surface area contributed by atoms with Crippen LogP contribution in [0.4, 0.5) is 0 Å². The van der Waals surface area contributed by atoms with Gasteiger partial charge in [0.25, 0.3) is 0 Å². The van der Waals surface area contributed by atoms with Crippen LogP contribution in [0.5, 0.6) is 0 Å². The van der Waals surface area contributed by atoms with Crippen molar-refractivity contribution in [2.24, 2.45) is 5.92 Å². The summed E-state index contributed by atoms with van der Waals surface area (Å²) in [6.45, 7) is 3.09. The number of aliphatic carboxylic acids is 1. The number of hydrogen-bond acceptors (Lipinski definition) is 7. The number of carbonyl (C=O) groups is 1. The van der Waals surface area contributed by atoms with Gasteiger partial charge in [0, 0.05) is 30.8 Å². The van der Waals surface area contributed by atoms with Crippen LogP contribution in [0.25, 0.3) is 11.3 Å². The number of carboxylic acids is 1. The molecule has 0 aliphatic carbocycles. The van der Waals surface area contributed by atoms with Crippen molar-refractivity contribution < 1.29 is 15.0 Å². The van der Waals surface area contributed by atoms with Crippen molar-refractivity contribution in [3.8, 4) is 11.3 Å². The van der Waals surface area contributed by atoms with Crippen LogP contribution in [-0.4, -0.2) is 54.9 Å². The van der Waals surface area contributed by atoms with Crippen LogP contribution in [-0.2, 0) is 16.8 Å². The maximum Gasteiger partial charge on any atom is 0.307 e. The fourth-order valence-electron chi connectivity index (χ4n) is 4.03. The summed E-state index contributed by atoms with van der Waals surface area (Å²) in [4.78, 5) is 16.4. The smallest absolute Gasteiger partial charge is 0.307 e. The lowest BCUT2D eigenvalue weighted by Gasteiger charge is -2.38. The standard InChI is InChI=1S/C22H26N6O3/c1-2-3-17(21(29)30)18(20-25-27-28-26-20)10-14-4-9-19(24-11-14)15-5-7-16(8-6-15)22(31)12-23-13-22/h4-9,11,17-18,23,31H,2-3,10,12-13H2,1H3,(H,29,30)(H,25,26,27,28). The molecule has 1 aromatic carbocycles. The van der Waals surface area contributed by atoms with E-state index in [1.165, 1.54) is 0 Å². The lowest BCUT2D eigenvalue weighted by Crippen LogP contribution is -2.56. The van der Waals surface area contributed by atoms with Gasteiger partial charge in [-0.05, 0) is 30.0 Å². The highest BCUT2D eigenvalue weighted by atomic mass is 16.4. The summed E-state index contributed by atoms with van der Waals surface area (Å²) in [6, 6.07) is 11.7. The summed E-state index contributed by atoms with van der Waals surface area (Å²) < 4.78 is 0.